The second-order valence-corrected chi connectivity index (χ2v) is 3.92. The summed E-state index contributed by atoms with van der Waals surface area (Å²) in [5.74, 6) is 0. The average Bonchev–Trinajstić information content (AvgIpc) is 2.29. The summed E-state index contributed by atoms with van der Waals surface area (Å²) >= 11 is 0. The first kappa shape index (κ1) is 8.48. The van der Waals surface area contributed by atoms with Gasteiger partial charge in [-0.15, -0.1) is 0 Å². The number of pyridine rings is 1. The summed E-state index contributed by atoms with van der Waals surface area (Å²) in [6.45, 7) is 0.978. The van der Waals surface area contributed by atoms with Crippen LogP contribution in [-0.2, 0) is 0 Å². The summed E-state index contributed by atoms with van der Waals surface area (Å²) in [4.78, 5) is 6.63. The molecule has 0 spiro atoms. The Hall–Kier alpha value is -1.83. The molecule has 2 aromatic rings. The maximum atomic E-state index is 4.45. The maximum Gasteiger partial charge on any atom is 0.0794 e. The molecule has 0 N–H and O–H groups in total. The van der Waals surface area contributed by atoms with Crippen LogP contribution < -0.4 is 10.4 Å². The zero-order valence-electron chi connectivity index (χ0n) is 8.64. The third-order valence-corrected chi connectivity index (χ3v) is 2.80. The summed E-state index contributed by atoms with van der Waals surface area (Å²) in [6, 6.07) is 8.38. The van der Waals surface area contributed by atoms with Gasteiger partial charge in [-0.05, 0) is 11.3 Å². The van der Waals surface area contributed by atoms with E-state index in [1.165, 1.54) is 15.8 Å². The van der Waals surface area contributed by atoms with Gasteiger partial charge < -0.3 is 4.90 Å². The highest BCUT2D eigenvalue weighted by Gasteiger charge is 2.02. The zero-order valence-corrected chi connectivity index (χ0v) is 8.64. The van der Waals surface area contributed by atoms with Gasteiger partial charge in [-0.3, -0.25) is 4.98 Å². The average molecular weight is 196 g/mol. The summed E-state index contributed by atoms with van der Waals surface area (Å²) in [7, 11) is 2.08. The molecule has 0 saturated heterocycles. The fourth-order valence-electron chi connectivity index (χ4n) is 2.01. The Morgan fingerprint density at radius 2 is 2.20 bits per heavy atom. The molecule has 0 saturated carbocycles. The van der Waals surface area contributed by atoms with E-state index in [4.69, 9.17) is 0 Å². The minimum Gasteiger partial charge on any atom is -0.376 e. The molecule has 1 aliphatic heterocycles. The number of aromatic nitrogens is 1. The predicted molar refractivity (Wildman–Crippen MR) is 62.6 cm³/mol. The smallest absolute Gasteiger partial charge is 0.0794 e. The largest absolute Gasteiger partial charge is 0.376 e. The van der Waals surface area contributed by atoms with Gasteiger partial charge in [-0.1, -0.05) is 24.3 Å². The van der Waals surface area contributed by atoms with Crippen molar-refractivity contribution in [3.05, 3.63) is 40.9 Å². The lowest BCUT2D eigenvalue weighted by Gasteiger charge is -2.15. The monoisotopic (exact) mass is 196 g/mol. The van der Waals surface area contributed by atoms with Gasteiger partial charge in [0, 0.05) is 36.6 Å². The summed E-state index contributed by atoms with van der Waals surface area (Å²) in [5.41, 5.74) is 1.10. The Morgan fingerprint density at radius 3 is 3.13 bits per heavy atom. The number of fused-ring (bicyclic) bond motifs is 3. The molecule has 74 valence electrons. The van der Waals surface area contributed by atoms with E-state index in [0.717, 1.165) is 12.1 Å². The lowest BCUT2D eigenvalue weighted by atomic mass is 10.1. The molecule has 2 nitrogen and oxygen atoms in total. The van der Waals surface area contributed by atoms with Crippen molar-refractivity contribution in [2.45, 2.75) is 0 Å². The van der Waals surface area contributed by atoms with Crippen molar-refractivity contribution < 1.29 is 0 Å². The Balaban J connectivity index is 2.53. The normalized spacial score (nSPS) is 14.3. The van der Waals surface area contributed by atoms with Crippen LogP contribution >= 0.6 is 0 Å². The minimum atomic E-state index is 0.978. The third-order valence-electron chi connectivity index (χ3n) is 2.80. The summed E-state index contributed by atoms with van der Waals surface area (Å²) in [5, 5.41) is 3.73. The third kappa shape index (κ3) is 1.30. The van der Waals surface area contributed by atoms with Gasteiger partial charge in [0.25, 0.3) is 0 Å². The lowest BCUT2D eigenvalue weighted by molar-refractivity contribution is 0.564. The van der Waals surface area contributed by atoms with Gasteiger partial charge in [0.15, 0.2) is 0 Å². The van der Waals surface area contributed by atoms with Crippen LogP contribution in [0.15, 0.2) is 30.5 Å². The van der Waals surface area contributed by atoms with Crippen LogP contribution in [0.4, 0.5) is 0 Å². The van der Waals surface area contributed by atoms with Gasteiger partial charge >= 0.3 is 0 Å². The lowest BCUT2D eigenvalue weighted by Crippen LogP contribution is -2.34. The highest BCUT2D eigenvalue weighted by molar-refractivity contribution is 5.80. The summed E-state index contributed by atoms with van der Waals surface area (Å²) in [6.07, 6.45) is 6.26. The number of nitrogens with zero attached hydrogens (tertiary/aromatic N) is 2. The fourth-order valence-corrected chi connectivity index (χ4v) is 2.01. The molecular formula is C13H12N2. The van der Waals surface area contributed by atoms with Gasteiger partial charge in [-0.2, -0.15) is 0 Å². The Kier molecular flexibility index (Phi) is 1.75. The molecule has 0 amide bonds. The van der Waals surface area contributed by atoms with Crippen LogP contribution in [0, 0.1) is 0 Å². The van der Waals surface area contributed by atoms with Crippen molar-refractivity contribution in [1.29, 1.82) is 0 Å². The second-order valence-electron chi connectivity index (χ2n) is 3.92. The van der Waals surface area contributed by atoms with E-state index >= 15 is 0 Å². The fraction of sp³-hybridized carbons (Fsp3) is 0.154. The van der Waals surface area contributed by atoms with Gasteiger partial charge in [0.05, 0.1) is 5.52 Å². The van der Waals surface area contributed by atoms with Crippen LogP contribution in [0.5, 0.6) is 0 Å². The van der Waals surface area contributed by atoms with Gasteiger partial charge in [-0.25, -0.2) is 0 Å². The molecule has 0 fully saturated rings. The number of hydrogen-bond acceptors (Lipinski definition) is 2. The standard InChI is InChI=1S/C13H12N2/c1-15-8-6-10-4-5-11-3-2-7-14-13(11)12(10)9-15/h2-7,9H,8H2,1H3. The first-order valence-electron chi connectivity index (χ1n) is 5.11. The Morgan fingerprint density at radius 1 is 1.27 bits per heavy atom. The van der Waals surface area contributed by atoms with Gasteiger partial charge in [0.1, 0.15) is 0 Å². The van der Waals surface area contributed by atoms with E-state index < -0.39 is 0 Å². The molecule has 3 rings (SSSR count). The molecule has 2 heterocycles. The molecule has 0 bridgehead atoms. The molecule has 1 aromatic carbocycles. The maximum absolute atomic E-state index is 4.45. The Labute approximate surface area is 88.2 Å². The van der Waals surface area contributed by atoms with Crippen molar-refractivity contribution >= 4 is 23.2 Å². The molecule has 0 unspecified atom stereocenters. The first-order chi connectivity index (χ1) is 7.34. The first-order valence-corrected chi connectivity index (χ1v) is 5.11. The predicted octanol–water partition coefficient (Wildman–Crippen LogP) is 0.699. The van der Waals surface area contributed by atoms with E-state index in [-0.39, 0.29) is 0 Å². The van der Waals surface area contributed by atoms with Crippen LogP contribution in [0.3, 0.4) is 0 Å². The molecule has 1 aliphatic rings. The van der Waals surface area contributed by atoms with E-state index in [2.05, 4.69) is 47.4 Å². The van der Waals surface area contributed by atoms with E-state index in [1.807, 2.05) is 12.3 Å². The van der Waals surface area contributed by atoms with E-state index in [1.54, 1.807) is 0 Å². The SMILES string of the molecule is CN1C=c2c(ccc3cccnc23)=CC1. The Bertz CT molecular complexity index is 629. The van der Waals surface area contributed by atoms with E-state index in [9.17, 15) is 0 Å². The highest BCUT2D eigenvalue weighted by Crippen LogP contribution is 2.04. The minimum absolute atomic E-state index is 0.978. The van der Waals surface area contributed by atoms with Crippen molar-refractivity contribution in [2.24, 2.45) is 0 Å². The topological polar surface area (TPSA) is 16.1 Å². The number of benzene rings is 1. The molecule has 0 atom stereocenters. The van der Waals surface area contributed by atoms with Crippen LogP contribution in [-0.4, -0.2) is 23.5 Å². The zero-order chi connectivity index (χ0) is 10.3. The molecule has 0 aliphatic carbocycles. The van der Waals surface area contributed by atoms with Crippen molar-refractivity contribution in [3.63, 3.8) is 0 Å². The summed E-state index contributed by atoms with van der Waals surface area (Å²) < 4.78 is 0. The highest BCUT2D eigenvalue weighted by atomic mass is 15.1. The molecule has 2 heteroatoms. The van der Waals surface area contributed by atoms with Crippen molar-refractivity contribution in [1.82, 2.24) is 9.88 Å². The van der Waals surface area contributed by atoms with Crippen molar-refractivity contribution in [2.75, 3.05) is 13.6 Å². The number of hydrogen-bond donors (Lipinski definition) is 0. The van der Waals surface area contributed by atoms with Crippen LogP contribution in [0.2, 0.25) is 0 Å². The van der Waals surface area contributed by atoms with E-state index in [0.29, 0.717) is 0 Å². The van der Waals surface area contributed by atoms with Gasteiger partial charge in [0.2, 0.25) is 0 Å². The second kappa shape index (κ2) is 3.09. The molecular weight excluding hydrogens is 184 g/mol. The molecule has 15 heavy (non-hydrogen) atoms. The quantitative estimate of drug-likeness (QED) is 0.616. The van der Waals surface area contributed by atoms with Crippen LogP contribution in [0.1, 0.15) is 0 Å². The number of rotatable bonds is 0. The van der Waals surface area contributed by atoms with Crippen molar-refractivity contribution in [3.8, 4) is 0 Å². The molecule has 1 aromatic heterocycles. The van der Waals surface area contributed by atoms with Crippen LogP contribution in [0.25, 0.3) is 23.2 Å². The molecule has 0 radical (unpaired) electrons.